The molecular weight excluding hydrogens is 711 g/mol. The summed E-state index contributed by atoms with van der Waals surface area (Å²) in [6.07, 6.45) is 0. The number of hydrogen-bond acceptors (Lipinski definition) is 1. The van der Waals surface area contributed by atoms with Crippen LogP contribution in [0.15, 0.2) is 237 Å². The van der Waals surface area contributed by atoms with Crippen molar-refractivity contribution in [1.29, 1.82) is 0 Å². The predicted molar refractivity (Wildman–Crippen MR) is 246 cm³/mol. The Morgan fingerprint density at radius 2 is 0.746 bits per heavy atom. The maximum atomic E-state index is 5.25. The summed E-state index contributed by atoms with van der Waals surface area (Å²) in [4.78, 5) is 5.25. The van der Waals surface area contributed by atoms with Crippen molar-refractivity contribution >= 4 is 10.8 Å². The van der Waals surface area contributed by atoms with Crippen LogP contribution in [0.1, 0.15) is 22.3 Å². The van der Waals surface area contributed by atoms with Crippen LogP contribution in [-0.4, -0.2) is 4.98 Å². The Labute approximate surface area is 345 Å². The van der Waals surface area contributed by atoms with Crippen LogP contribution in [0, 0.1) is 0 Å². The average Bonchev–Trinajstić information content (AvgIpc) is 3.62. The lowest BCUT2D eigenvalue weighted by Gasteiger charge is -2.34. The molecule has 1 aliphatic rings. The SMILES string of the molecule is c1ccc(-c2cc(-c3ccccc3)nc(-c3ccc(-c4cc5c(cc4-c4ccc6ccccc6c4)-c4ccccc4C5(c4ccccc4)c4ccccc4)cc3)c2)cc1. The lowest BCUT2D eigenvalue weighted by Crippen LogP contribution is -2.28. The van der Waals surface area contributed by atoms with E-state index in [1.807, 2.05) is 0 Å². The highest BCUT2D eigenvalue weighted by Gasteiger charge is 2.46. The minimum Gasteiger partial charge on any atom is -0.248 e. The molecule has 11 rings (SSSR count). The van der Waals surface area contributed by atoms with E-state index in [-0.39, 0.29) is 0 Å². The van der Waals surface area contributed by atoms with Gasteiger partial charge in [-0.15, -0.1) is 0 Å². The second kappa shape index (κ2) is 14.4. The molecule has 59 heavy (non-hydrogen) atoms. The maximum Gasteiger partial charge on any atom is 0.0715 e. The molecule has 1 aliphatic carbocycles. The van der Waals surface area contributed by atoms with Gasteiger partial charge in [-0.1, -0.05) is 206 Å². The van der Waals surface area contributed by atoms with Crippen molar-refractivity contribution in [3.63, 3.8) is 0 Å². The normalized spacial score (nSPS) is 12.5. The molecule has 0 amide bonds. The molecule has 1 heteroatoms. The molecule has 0 saturated carbocycles. The predicted octanol–water partition coefficient (Wildman–Crippen LogP) is 14.9. The van der Waals surface area contributed by atoms with Crippen molar-refractivity contribution in [3.8, 4) is 67.0 Å². The van der Waals surface area contributed by atoms with Crippen molar-refractivity contribution in [2.75, 3.05) is 0 Å². The van der Waals surface area contributed by atoms with Crippen molar-refractivity contribution < 1.29 is 0 Å². The van der Waals surface area contributed by atoms with Gasteiger partial charge < -0.3 is 0 Å². The standard InChI is InChI=1S/C58H39N/c1-5-17-40(18-6-1)47-36-56(43-20-7-2-8-21-43)59-57(37-47)44-32-30-42(31-33-44)52-39-55-53(38-51(52)46-34-29-41-19-13-14-22-45(41)35-46)50-27-15-16-28-54(50)58(55,48-23-9-3-10-24-48)49-25-11-4-12-26-49/h1-39H. The lowest BCUT2D eigenvalue weighted by atomic mass is 9.67. The third-order valence-electron chi connectivity index (χ3n) is 12.2. The summed E-state index contributed by atoms with van der Waals surface area (Å²) in [6, 6.07) is 86.2. The Kier molecular flexibility index (Phi) is 8.45. The Morgan fingerprint density at radius 1 is 0.254 bits per heavy atom. The number of rotatable bonds is 7. The molecule has 1 heterocycles. The molecule has 0 N–H and O–H groups in total. The van der Waals surface area contributed by atoms with Crippen LogP contribution in [0.4, 0.5) is 0 Å². The van der Waals surface area contributed by atoms with E-state index in [9.17, 15) is 0 Å². The fraction of sp³-hybridized carbons (Fsp3) is 0.0172. The van der Waals surface area contributed by atoms with Gasteiger partial charge in [0.05, 0.1) is 16.8 Å². The van der Waals surface area contributed by atoms with E-state index in [1.54, 1.807) is 0 Å². The highest BCUT2D eigenvalue weighted by molar-refractivity contribution is 5.97. The largest absolute Gasteiger partial charge is 0.248 e. The highest BCUT2D eigenvalue weighted by Crippen LogP contribution is 2.58. The van der Waals surface area contributed by atoms with Crippen LogP contribution >= 0.6 is 0 Å². The first kappa shape index (κ1) is 34.6. The van der Waals surface area contributed by atoms with Crippen LogP contribution < -0.4 is 0 Å². The summed E-state index contributed by atoms with van der Waals surface area (Å²) < 4.78 is 0. The molecule has 0 bridgehead atoms. The zero-order chi connectivity index (χ0) is 39.2. The molecule has 1 nitrogen and oxygen atoms in total. The van der Waals surface area contributed by atoms with Crippen molar-refractivity contribution in [2.45, 2.75) is 5.41 Å². The summed E-state index contributed by atoms with van der Waals surface area (Å²) in [5.74, 6) is 0. The van der Waals surface area contributed by atoms with Gasteiger partial charge in [-0.3, -0.25) is 0 Å². The fourth-order valence-corrected chi connectivity index (χ4v) is 9.38. The van der Waals surface area contributed by atoms with Gasteiger partial charge >= 0.3 is 0 Å². The molecule has 0 unspecified atom stereocenters. The second-order valence-electron chi connectivity index (χ2n) is 15.5. The molecule has 0 fully saturated rings. The van der Waals surface area contributed by atoms with Crippen molar-refractivity contribution in [1.82, 2.24) is 4.98 Å². The number of hydrogen-bond donors (Lipinski definition) is 0. The first-order valence-electron chi connectivity index (χ1n) is 20.4. The summed E-state index contributed by atoms with van der Waals surface area (Å²) in [6.45, 7) is 0. The van der Waals surface area contributed by atoms with Gasteiger partial charge in [0.1, 0.15) is 0 Å². The fourth-order valence-electron chi connectivity index (χ4n) is 9.38. The van der Waals surface area contributed by atoms with E-state index in [0.717, 1.165) is 33.6 Å². The minimum atomic E-state index is -0.499. The van der Waals surface area contributed by atoms with E-state index in [2.05, 4.69) is 237 Å². The third kappa shape index (κ3) is 5.90. The molecule has 0 atom stereocenters. The number of benzene rings is 9. The molecule has 0 aliphatic heterocycles. The first-order chi connectivity index (χ1) is 29.2. The Bertz CT molecular complexity index is 3020. The van der Waals surface area contributed by atoms with E-state index >= 15 is 0 Å². The number of fused-ring (bicyclic) bond motifs is 4. The Hall–Kier alpha value is -7.61. The molecule has 0 spiro atoms. The molecule has 10 aromatic rings. The lowest BCUT2D eigenvalue weighted by molar-refractivity contribution is 0.769. The number of aromatic nitrogens is 1. The van der Waals surface area contributed by atoms with E-state index < -0.39 is 5.41 Å². The zero-order valence-electron chi connectivity index (χ0n) is 32.5. The molecule has 276 valence electrons. The van der Waals surface area contributed by atoms with E-state index in [4.69, 9.17) is 4.98 Å². The van der Waals surface area contributed by atoms with Crippen LogP contribution in [0.3, 0.4) is 0 Å². The minimum absolute atomic E-state index is 0.499. The molecule has 0 radical (unpaired) electrons. The van der Waals surface area contributed by atoms with E-state index in [0.29, 0.717) is 0 Å². The topological polar surface area (TPSA) is 12.9 Å². The maximum absolute atomic E-state index is 5.25. The monoisotopic (exact) mass is 749 g/mol. The van der Waals surface area contributed by atoms with Crippen molar-refractivity contribution in [2.24, 2.45) is 0 Å². The second-order valence-corrected chi connectivity index (χ2v) is 15.5. The van der Waals surface area contributed by atoms with Gasteiger partial charge in [-0.25, -0.2) is 4.98 Å². The number of nitrogens with zero attached hydrogens (tertiary/aromatic N) is 1. The summed E-state index contributed by atoms with van der Waals surface area (Å²) >= 11 is 0. The van der Waals surface area contributed by atoms with Gasteiger partial charge in [0.15, 0.2) is 0 Å². The van der Waals surface area contributed by atoms with E-state index in [1.165, 1.54) is 66.4 Å². The average molecular weight is 750 g/mol. The van der Waals surface area contributed by atoms with Crippen LogP contribution in [0.2, 0.25) is 0 Å². The summed E-state index contributed by atoms with van der Waals surface area (Å²) in [7, 11) is 0. The molecular formula is C58H39N. The first-order valence-corrected chi connectivity index (χ1v) is 20.4. The van der Waals surface area contributed by atoms with Gasteiger partial charge in [-0.05, 0) is 108 Å². The van der Waals surface area contributed by atoms with Crippen LogP contribution in [-0.2, 0) is 5.41 Å². The Morgan fingerprint density at radius 3 is 1.41 bits per heavy atom. The molecule has 9 aromatic carbocycles. The smallest absolute Gasteiger partial charge is 0.0715 e. The molecule has 1 aromatic heterocycles. The highest BCUT2D eigenvalue weighted by atomic mass is 14.7. The van der Waals surface area contributed by atoms with Gasteiger partial charge in [-0.2, -0.15) is 0 Å². The van der Waals surface area contributed by atoms with Crippen LogP contribution in [0.5, 0.6) is 0 Å². The van der Waals surface area contributed by atoms with Gasteiger partial charge in [0, 0.05) is 11.1 Å². The quantitative estimate of drug-likeness (QED) is 0.158. The molecule has 0 saturated heterocycles. The Balaban J connectivity index is 1.14. The third-order valence-corrected chi connectivity index (χ3v) is 12.2. The summed E-state index contributed by atoms with van der Waals surface area (Å²) in [5.41, 5.74) is 18.3. The zero-order valence-corrected chi connectivity index (χ0v) is 32.5. The number of pyridine rings is 1. The van der Waals surface area contributed by atoms with Gasteiger partial charge in [0.2, 0.25) is 0 Å². The summed E-state index contributed by atoms with van der Waals surface area (Å²) in [5, 5.41) is 2.47. The van der Waals surface area contributed by atoms with Crippen LogP contribution in [0.25, 0.3) is 77.8 Å². The van der Waals surface area contributed by atoms with Crippen molar-refractivity contribution in [3.05, 3.63) is 259 Å². The van der Waals surface area contributed by atoms with Gasteiger partial charge in [0.25, 0.3) is 0 Å².